The quantitative estimate of drug-likeness (QED) is 0.687. The molecule has 0 aromatic carbocycles. The van der Waals surface area contributed by atoms with E-state index in [0.717, 1.165) is 6.20 Å². The molecule has 2 rings (SSSR count). The van der Waals surface area contributed by atoms with Gasteiger partial charge in [-0.1, -0.05) is 0 Å². The maximum atomic E-state index is 12.2. The van der Waals surface area contributed by atoms with Gasteiger partial charge < -0.3 is 9.55 Å². The third-order valence-electron chi connectivity index (χ3n) is 2.54. The van der Waals surface area contributed by atoms with E-state index in [1.165, 1.54) is 4.57 Å². The van der Waals surface area contributed by atoms with Crippen LogP contribution in [-0.4, -0.2) is 27.9 Å². The lowest BCUT2D eigenvalue weighted by atomic mass is 10.6. The molecule has 0 bridgehead atoms. The summed E-state index contributed by atoms with van der Waals surface area (Å²) in [6.45, 7) is 1.64. The van der Waals surface area contributed by atoms with E-state index in [0.29, 0.717) is 5.82 Å². The molecule has 0 amide bonds. The first-order valence-electron chi connectivity index (χ1n) is 5.26. The number of H-pyrrole nitrogens is 2. The number of aromatic amines is 2. The lowest BCUT2D eigenvalue weighted by Gasteiger charge is -2.04. The smallest absolute Gasteiger partial charge is 0.325 e. The Hall–Kier alpha value is -1.88. The molecule has 3 N–H and O–H groups in total. The van der Waals surface area contributed by atoms with Crippen LogP contribution in [0.15, 0.2) is 25.4 Å². The van der Waals surface area contributed by atoms with Gasteiger partial charge in [-0.15, -0.1) is 0 Å². The van der Waals surface area contributed by atoms with E-state index in [1.54, 1.807) is 14.0 Å². The molecule has 108 valence electrons. The first-order valence-corrected chi connectivity index (χ1v) is 7.53. The molecule has 0 aliphatic carbocycles. The lowest BCUT2D eigenvalue weighted by molar-refractivity contribution is 0.597. The fourth-order valence-corrected chi connectivity index (χ4v) is 3.54. The molecule has 0 spiro atoms. The molecule has 2 aromatic rings. The van der Waals surface area contributed by atoms with Crippen molar-refractivity contribution in [2.45, 2.75) is 11.9 Å². The molecule has 11 heteroatoms. The topological polar surface area (TPSA) is 130 Å². The van der Waals surface area contributed by atoms with Crippen molar-refractivity contribution in [2.75, 3.05) is 4.72 Å². The summed E-state index contributed by atoms with van der Waals surface area (Å²) in [5.74, 6) is 0.479. The van der Waals surface area contributed by atoms with Gasteiger partial charge in [0.05, 0.1) is 0 Å². The van der Waals surface area contributed by atoms with Crippen molar-refractivity contribution >= 4 is 31.6 Å². The number of imidazole rings is 1. The third kappa shape index (κ3) is 2.54. The van der Waals surface area contributed by atoms with Crippen LogP contribution < -0.4 is 16.0 Å². The Labute approximate surface area is 121 Å². The summed E-state index contributed by atoms with van der Waals surface area (Å²) in [6.07, 6.45) is 0.975. The summed E-state index contributed by atoms with van der Waals surface area (Å²) in [5.41, 5.74) is -1.88. The van der Waals surface area contributed by atoms with E-state index >= 15 is 0 Å². The second kappa shape index (κ2) is 4.90. The van der Waals surface area contributed by atoms with Gasteiger partial charge >= 0.3 is 5.69 Å². The Morgan fingerprint density at radius 3 is 2.55 bits per heavy atom. The summed E-state index contributed by atoms with van der Waals surface area (Å²) in [6, 6.07) is 0. The number of sulfonamides is 1. The zero-order valence-electron chi connectivity index (χ0n) is 10.4. The summed E-state index contributed by atoms with van der Waals surface area (Å²) >= 11 is 3.12. The van der Waals surface area contributed by atoms with Crippen LogP contribution in [0.5, 0.6) is 0 Å². The minimum atomic E-state index is -4.05. The fraction of sp³-hybridized carbons (Fsp3) is 0.222. The van der Waals surface area contributed by atoms with Crippen molar-refractivity contribution in [1.82, 2.24) is 19.5 Å². The van der Waals surface area contributed by atoms with Crippen molar-refractivity contribution in [3.63, 3.8) is 0 Å². The minimum absolute atomic E-state index is 0.247. The minimum Gasteiger partial charge on any atom is -0.325 e. The molecule has 2 aromatic heterocycles. The summed E-state index contributed by atoms with van der Waals surface area (Å²) in [7, 11) is -2.41. The predicted molar refractivity (Wildman–Crippen MR) is 74.1 cm³/mol. The van der Waals surface area contributed by atoms with Crippen molar-refractivity contribution in [3.05, 3.63) is 37.5 Å². The van der Waals surface area contributed by atoms with Gasteiger partial charge in [-0.2, -0.15) is 8.42 Å². The molecule has 0 radical (unpaired) electrons. The molecular formula is C9H10BrN5O4S. The highest BCUT2D eigenvalue weighted by Gasteiger charge is 2.24. The summed E-state index contributed by atoms with van der Waals surface area (Å²) in [4.78, 5) is 30.3. The number of halogens is 1. The number of nitrogens with zero attached hydrogens (tertiary/aromatic N) is 2. The van der Waals surface area contributed by atoms with Crippen molar-refractivity contribution < 1.29 is 8.42 Å². The first-order chi connectivity index (χ1) is 9.22. The van der Waals surface area contributed by atoms with Crippen molar-refractivity contribution in [2.24, 2.45) is 7.05 Å². The summed E-state index contributed by atoms with van der Waals surface area (Å²) < 4.78 is 28.2. The first kappa shape index (κ1) is 14.5. The Morgan fingerprint density at radius 1 is 1.40 bits per heavy atom. The molecule has 0 saturated carbocycles. The van der Waals surface area contributed by atoms with E-state index in [2.05, 4.69) is 30.6 Å². The Balaban J connectivity index is 2.48. The van der Waals surface area contributed by atoms with E-state index < -0.39 is 21.3 Å². The van der Waals surface area contributed by atoms with Crippen LogP contribution in [0.25, 0.3) is 0 Å². The predicted octanol–water partition coefficient (Wildman–Crippen LogP) is -0.332. The fourth-order valence-electron chi connectivity index (χ4n) is 1.40. The molecule has 0 saturated heterocycles. The highest BCUT2D eigenvalue weighted by molar-refractivity contribution is 9.10. The number of anilines is 1. The third-order valence-corrected chi connectivity index (χ3v) is 4.99. The van der Waals surface area contributed by atoms with E-state index in [1.807, 2.05) is 4.98 Å². The molecule has 0 atom stereocenters. The van der Waals surface area contributed by atoms with E-state index in [9.17, 15) is 18.0 Å². The monoisotopic (exact) mass is 363 g/mol. The molecular weight excluding hydrogens is 354 g/mol. The van der Waals surface area contributed by atoms with Crippen LogP contribution in [0.2, 0.25) is 0 Å². The van der Waals surface area contributed by atoms with Crippen molar-refractivity contribution in [1.29, 1.82) is 0 Å². The van der Waals surface area contributed by atoms with E-state index in [-0.39, 0.29) is 15.3 Å². The number of hydrogen-bond donors (Lipinski definition) is 3. The molecule has 0 fully saturated rings. The standard InChI is InChI=1S/C9H10BrN5O4S/c1-4-12-8(6(10)15(4)2)20(18,19)14-5-3-11-9(17)13-7(5)16/h3,14H,1-2H3,(H2,11,13,16,17). The van der Waals surface area contributed by atoms with Gasteiger partial charge in [0.2, 0.25) is 5.03 Å². The normalized spacial score (nSPS) is 11.6. The average Bonchev–Trinajstić information content (AvgIpc) is 2.61. The number of rotatable bonds is 3. The second-order valence-corrected chi connectivity index (χ2v) is 6.25. The van der Waals surface area contributed by atoms with Crippen LogP contribution in [0, 0.1) is 6.92 Å². The number of hydrogen-bond acceptors (Lipinski definition) is 5. The lowest BCUT2D eigenvalue weighted by Crippen LogP contribution is -2.27. The van der Waals surface area contributed by atoms with Gasteiger partial charge in [0.15, 0.2) is 0 Å². The maximum absolute atomic E-state index is 12.2. The zero-order chi connectivity index (χ0) is 15.1. The van der Waals surface area contributed by atoms with Crippen molar-refractivity contribution in [3.8, 4) is 0 Å². The SMILES string of the molecule is Cc1nc(S(=O)(=O)Nc2c[nH]c(=O)[nH]c2=O)c(Br)n1C. The van der Waals surface area contributed by atoms with Crippen LogP contribution in [0.3, 0.4) is 0 Å². The van der Waals surface area contributed by atoms with Gasteiger partial charge in [-0.05, 0) is 22.9 Å². The van der Waals surface area contributed by atoms with Crippen LogP contribution in [0.4, 0.5) is 5.69 Å². The van der Waals surface area contributed by atoms with E-state index in [4.69, 9.17) is 0 Å². The highest BCUT2D eigenvalue weighted by Crippen LogP contribution is 2.22. The van der Waals surface area contributed by atoms with Gasteiger partial charge in [0.25, 0.3) is 15.6 Å². The molecule has 0 unspecified atom stereocenters. The molecule has 0 aliphatic rings. The van der Waals surface area contributed by atoms with Crippen LogP contribution in [0.1, 0.15) is 5.82 Å². The van der Waals surface area contributed by atoms with Crippen LogP contribution in [-0.2, 0) is 17.1 Å². The molecule has 0 aliphatic heterocycles. The second-order valence-electron chi connectivity index (χ2n) is 3.91. The number of aromatic nitrogens is 4. The molecule has 2 heterocycles. The number of aryl methyl sites for hydroxylation is 1. The Kier molecular flexibility index (Phi) is 3.56. The molecule has 20 heavy (non-hydrogen) atoms. The average molecular weight is 364 g/mol. The highest BCUT2D eigenvalue weighted by atomic mass is 79.9. The Bertz CT molecular complexity index is 878. The van der Waals surface area contributed by atoms with Crippen LogP contribution >= 0.6 is 15.9 Å². The largest absolute Gasteiger partial charge is 0.325 e. The van der Waals surface area contributed by atoms with Gasteiger partial charge in [0.1, 0.15) is 16.1 Å². The van der Waals surface area contributed by atoms with Gasteiger partial charge in [-0.3, -0.25) is 14.5 Å². The maximum Gasteiger partial charge on any atom is 0.325 e. The van der Waals surface area contributed by atoms with Gasteiger partial charge in [-0.25, -0.2) is 9.78 Å². The summed E-state index contributed by atoms with van der Waals surface area (Å²) in [5, 5.41) is -0.247. The zero-order valence-corrected chi connectivity index (χ0v) is 12.8. The Morgan fingerprint density at radius 2 is 2.05 bits per heavy atom. The molecule has 9 nitrogen and oxygen atoms in total. The number of nitrogens with one attached hydrogen (secondary N) is 3. The van der Waals surface area contributed by atoms with Gasteiger partial charge in [0, 0.05) is 13.2 Å².